The molecule has 1 aromatic rings. The first kappa shape index (κ1) is 8.89. The van der Waals surface area contributed by atoms with Crippen molar-refractivity contribution in [1.29, 1.82) is 0 Å². The molecule has 1 aliphatic rings. The first-order valence-electron chi connectivity index (χ1n) is 4.10. The first-order chi connectivity index (χ1) is 6.75. The second kappa shape index (κ2) is 3.59. The predicted molar refractivity (Wildman–Crippen MR) is 46.1 cm³/mol. The molecule has 6 heteroatoms. The third kappa shape index (κ3) is 2.17. The lowest BCUT2D eigenvalue weighted by atomic mass is 10.4. The number of ether oxygens (including phenoxy) is 2. The average molecular weight is 196 g/mol. The van der Waals surface area contributed by atoms with Crippen molar-refractivity contribution in [3.8, 4) is 5.88 Å². The smallest absolute Gasteiger partial charge is 0.287 e. The number of epoxide rings is 1. The van der Waals surface area contributed by atoms with E-state index in [-0.39, 0.29) is 11.8 Å². The van der Waals surface area contributed by atoms with Crippen LogP contribution in [-0.2, 0) is 4.74 Å². The number of pyridine rings is 1. The van der Waals surface area contributed by atoms with Gasteiger partial charge in [-0.2, -0.15) is 0 Å². The molecule has 0 saturated carbocycles. The Kier molecular flexibility index (Phi) is 2.28. The largest absolute Gasteiger partial charge is 0.475 e. The van der Waals surface area contributed by atoms with Crippen molar-refractivity contribution in [2.24, 2.45) is 0 Å². The zero-order valence-corrected chi connectivity index (χ0v) is 7.25. The van der Waals surface area contributed by atoms with Crippen LogP contribution in [-0.4, -0.2) is 29.2 Å². The van der Waals surface area contributed by atoms with Crippen LogP contribution in [0, 0.1) is 10.1 Å². The minimum atomic E-state index is -0.499. The van der Waals surface area contributed by atoms with E-state index >= 15 is 0 Å². The van der Waals surface area contributed by atoms with Crippen LogP contribution >= 0.6 is 0 Å². The van der Waals surface area contributed by atoms with E-state index in [1.54, 1.807) is 0 Å². The molecule has 2 heterocycles. The molecule has 1 fully saturated rings. The fourth-order valence-corrected chi connectivity index (χ4v) is 0.908. The van der Waals surface area contributed by atoms with E-state index in [4.69, 9.17) is 9.47 Å². The van der Waals surface area contributed by atoms with Crippen LogP contribution in [0.3, 0.4) is 0 Å². The summed E-state index contributed by atoms with van der Waals surface area (Å²) in [6.07, 6.45) is 1.33. The molecule has 1 atom stereocenters. The lowest BCUT2D eigenvalue weighted by molar-refractivity contribution is -0.385. The number of aromatic nitrogens is 1. The van der Waals surface area contributed by atoms with Gasteiger partial charge in [-0.3, -0.25) is 10.1 Å². The third-order valence-corrected chi connectivity index (χ3v) is 1.75. The lowest BCUT2D eigenvalue weighted by Crippen LogP contribution is -2.05. The van der Waals surface area contributed by atoms with Gasteiger partial charge in [-0.1, -0.05) is 0 Å². The molecule has 0 aliphatic carbocycles. The van der Waals surface area contributed by atoms with Gasteiger partial charge in [0.1, 0.15) is 18.9 Å². The van der Waals surface area contributed by atoms with Crippen LogP contribution in [0.15, 0.2) is 18.3 Å². The Labute approximate surface area is 79.6 Å². The van der Waals surface area contributed by atoms with Crippen molar-refractivity contribution < 1.29 is 14.4 Å². The molecular weight excluding hydrogens is 188 g/mol. The number of hydrogen-bond donors (Lipinski definition) is 0. The van der Waals surface area contributed by atoms with Crippen LogP contribution < -0.4 is 4.74 Å². The number of nitro groups is 1. The summed E-state index contributed by atoms with van der Waals surface area (Å²) < 4.78 is 10.1. The standard InChI is InChI=1S/C8H8N2O4/c11-10(12)6-1-2-8(9-3-6)14-5-7-4-13-7/h1-3,7H,4-5H2/t7-/m0/s1. The molecule has 1 aromatic heterocycles. The van der Waals surface area contributed by atoms with Crippen molar-refractivity contribution in [2.45, 2.75) is 6.10 Å². The van der Waals surface area contributed by atoms with Gasteiger partial charge in [0.15, 0.2) is 0 Å². The van der Waals surface area contributed by atoms with E-state index in [1.165, 1.54) is 18.3 Å². The normalized spacial score (nSPS) is 19.0. The molecule has 0 radical (unpaired) electrons. The molecule has 0 spiro atoms. The van der Waals surface area contributed by atoms with Gasteiger partial charge in [0.25, 0.3) is 5.69 Å². The Morgan fingerprint density at radius 1 is 1.71 bits per heavy atom. The highest BCUT2D eigenvalue weighted by Gasteiger charge is 2.23. The average Bonchev–Trinajstić information content (AvgIpc) is 2.99. The van der Waals surface area contributed by atoms with Gasteiger partial charge in [0, 0.05) is 12.1 Å². The van der Waals surface area contributed by atoms with Crippen LogP contribution in [0.5, 0.6) is 5.88 Å². The Bertz CT molecular complexity index is 334. The topological polar surface area (TPSA) is 77.8 Å². The second-order valence-corrected chi connectivity index (χ2v) is 2.88. The molecule has 0 N–H and O–H groups in total. The van der Waals surface area contributed by atoms with E-state index in [2.05, 4.69) is 4.98 Å². The summed E-state index contributed by atoms with van der Waals surface area (Å²) in [6, 6.07) is 2.83. The highest BCUT2D eigenvalue weighted by atomic mass is 16.6. The molecule has 14 heavy (non-hydrogen) atoms. The lowest BCUT2D eigenvalue weighted by Gasteiger charge is -2.01. The van der Waals surface area contributed by atoms with E-state index in [0.717, 1.165) is 0 Å². The highest BCUT2D eigenvalue weighted by molar-refractivity contribution is 5.28. The van der Waals surface area contributed by atoms with Crippen LogP contribution in [0.1, 0.15) is 0 Å². The third-order valence-electron chi connectivity index (χ3n) is 1.75. The van der Waals surface area contributed by atoms with Gasteiger partial charge >= 0.3 is 0 Å². The van der Waals surface area contributed by atoms with E-state index in [1.807, 2.05) is 0 Å². The van der Waals surface area contributed by atoms with Gasteiger partial charge in [-0.15, -0.1) is 0 Å². The Morgan fingerprint density at radius 2 is 2.50 bits per heavy atom. The molecule has 0 unspecified atom stereocenters. The fraction of sp³-hybridized carbons (Fsp3) is 0.375. The summed E-state index contributed by atoms with van der Waals surface area (Å²) >= 11 is 0. The Morgan fingerprint density at radius 3 is 3.00 bits per heavy atom. The molecule has 6 nitrogen and oxygen atoms in total. The number of rotatable bonds is 4. The van der Waals surface area contributed by atoms with Crippen LogP contribution in [0.2, 0.25) is 0 Å². The minimum absolute atomic E-state index is 0.0416. The van der Waals surface area contributed by atoms with Gasteiger partial charge < -0.3 is 9.47 Å². The summed E-state index contributed by atoms with van der Waals surface area (Å²) in [5.74, 6) is 0.381. The Balaban J connectivity index is 1.94. The zero-order valence-electron chi connectivity index (χ0n) is 7.25. The highest BCUT2D eigenvalue weighted by Crippen LogP contribution is 2.15. The minimum Gasteiger partial charge on any atom is -0.475 e. The maximum absolute atomic E-state index is 10.3. The van der Waals surface area contributed by atoms with Crippen molar-refractivity contribution >= 4 is 5.69 Å². The van der Waals surface area contributed by atoms with Gasteiger partial charge in [-0.25, -0.2) is 4.98 Å². The molecule has 2 rings (SSSR count). The summed E-state index contributed by atoms with van der Waals surface area (Å²) in [5, 5.41) is 10.3. The van der Waals surface area contributed by atoms with Gasteiger partial charge in [0.05, 0.1) is 11.5 Å². The molecule has 74 valence electrons. The quantitative estimate of drug-likeness (QED) is 0.403. The van der Waals surface area contributed by atoms with Crippen molar-refractivity contribution in [2.75, 3.05) is 13.2 Å². The Hall–Kier alpha value is -1.69. The SMILES string of the molecule is O=[N+]([O-])c1ccc(OC[C@@H]2CO2)nc1. The van der Waals surface area contributed by atoms with Gasteiger partial charge in [0.2, 0.25) is 5.88 Å². The van der Waals surface area contributed by atoms with E-state index < -0.39 is 4.92 Å². The number of hydrogen-bond acceptors (Lipinski definition) is 5. The molecule has 1 aliphatic heterocycles. The summed E-state index contributed by atoms with van der Waals surface area (Å²) in [6.45, 7) is 1.16. The first-order valence-corrected chi connectivity index (χ1v) is 4.10. The molecule has 1 saturated heterocycles. The molecule has 0 aromatic carbocycles. The predicted octanol–water partition coefficient (Wildman–Crippen LogP) is 0.767. The van der Waals surface area contributed by atoms with Crippen LogP contribution in [0.25, 0.3) is 0 Å². The van der Waals surface area contributed by atoms with Crippen molar-refractivity contribution in [1.82, 2.24) is 4.98 Å². The van der Waals surface area contributed by atoms with Crippen molar-refractivity contribution in [3.05, 3.63) is 28.4 Å². The second-order valence-electron chi connectivity index (χ2n) is 2.88. The fourth-order valence-electron chi connectivity index (χ4n) is 0.908. The van der Waals surface area contributed by atoms with E-state index in [0.29, 0.717) is 19.1 Å². The summed E-state index contributed by atoms with van der Waals surface area (Å²) in [4.78, 5) is 13.6. The molecule has 0 amide bonds. The van der Waals surface area contributed by atoms with Crippen molar-refractivity contribution in [3.63, 3.8) is 0 Å². The van der Waals surface area contributed by atoms with E-state index in [9.17, 15) is 10.1 Å². The molecule has 0 bridgehead atoms. The van der Waals surface area contributed by atoms with Gasteiger partial charge in [-0.05, 0) is 0 Å². The summed E-state index contributed by atoms with van der Waals surface area (Å²) in [7, 11) is 0. The van der Waals surface area contributed by atoms with Crippen LogP contribution in [0.4, 0.5) is 5.69 Å². The zero-order chi connectivity index (χ0) is 9.97. The summed E-state index contributed by atoms with van der Waals surface area (Å²) in [5.41, 5.74) is -0.0416. The monoisotopic (exact) mass is 196 g/mol. The maximum Gasteiger partial charge on any atom is 0.287 e. The maximum atomic E-state index is 10.3. The molecular formula is C8H8N2O4. The number of nitrogens with zero attached hydrogens (tertiary/aromatic N) is 2.